The van der Waals surface area contributed by atoms with Gasteiger partial charge < -0.3 is 26.0 Å². The lowest BCUT2D eigenvalue weighted by atomic mass is 9.90. The highest BCUT2D eigenvalue weighted by Crippen LogP contribution is 2.36. The van der Waals surface area contributed by atoms with Crippen LogP contribution in [-0.2, 0) is 25.5 Å². The number of nitrogens with one attached hydrogen (secondary N) is 2. The third-order valence-electron chi connectivity index (χ3n) is 9.78. The zero-order valence-electron chi connectivity index (χ0n) is 29.6. The summed E-state index contributed by atoms with van der Waals surface area (Å²) in [5.74, 6) is -1.20. The Morgan fingerprint density at radius 1 is 0.880 bits per heavy atom. The van der Waals surface area contributed by atoms with Crippen molar-refractivity contribution in [1.82, 2.24) is 20.4 Å². The number of amides is 4. The van der Waals surface area contributed by atoms with Crippen molar-refractivity contribution in [2.24, 2.45) is 11.7 Å². The lowest BCUT2D eigenvalue weighted by molar-refractivity contribution is -0.144. The number of nitrogens with zero attached hydrogens (tertiary/aromatic N) is 2. The number of rotatable bonds is 11. The van der Waals surface area contributed by atoms with E-state index < -0.39 is 41.8 Å². The largest absolute Gasteiger partial charge is 0.444 e. The number of likely N-dealkylation sites (N-methyl/N-ethyl adjacent to an activating group) is 1. The van der Waals surface area contributed by atoms with Gasteiger partial charge in [0.25, 0.3) is 0 Å². The smallest absolute Gasteiger partial charge is 0.410 e. The Morgan fingerprint density at radius 3 is 2.00 bits per heavy atom. The molecule has 3 aromatic carbocycles. The van der Waals surface area contributed by atoms with Gasteiger partial charge in [0, 0.05) is 19.5 Å². The lowest BCUT2D eigenvalue weighted by Crippen LogP contribution is -2.59. The van der Waals surface area contributed by atoms with Crippen LogP contribution in [0.5, 0.6) is 0 Å². The Morgan fingerprint density at radius 2 is 1.44 bits per heavy atom. The summed E-state index contributed by atoms with van der Waals surface area (Å²) < 4.78 is 5.62. The summed E-state index contributed by atoms with van der Waals surface area (Å²) in [7, 11) is 1.54. The second kappa shape index (κ2) is 16.3. The van der Waals surface area contributed by atoms with Gasteiger partial charge >= 0.3 is 6.09 Å². The third kappa shape index (κ3) is 8.90. The van der Waals surface area contributed by atoms with E-state index in [1.54, 1.807) is 32.7 Å². The van der Waals surface area contributed by atoms with Gasteiger partial charge in [-0.15, -0.1) is 0 Å². The van der Waals surface area contributed by atoms with Gasteiger partial charge in [0.1, 0.15) is 23.7 Å². The highest BCUT2D eigenvalue weighted by atomic mass is 16.6. The molecule has 0 aromatic heterocycles. The maximum absolute atomic E-state index is 14.6. The van der Waals surface area contributed by atoms with Crippen molar-refractivity contribution in [3.05, 3.63) is 108 Å². The van der Waals surface area contributed by atoms with Crippen molar-refractivity contribution in [1.29, 1.82) is 0 Å². The first-order valence-corrected chi connectivity index (χ1v) is 17.7. The van der Waals surface area contributed by atoms with Crippen LogP contribution in [0.4, 0.5) is 4.79 Å². The van der Waals surface area contributed by atoms with E-state index in [-0.39, 0.29) is 30.2 Å². The summed E-state index contributed by atoms with van der Waals surface area (Å²) in [6, 6.07) is 25.9. The summed E-state index contributed by atoms with van der Waals surface area (Å²) in [4.78, 5) is 59.3. The molecule has 266 valence electrons. The Balaban J connectivity index is 1.41. The predicted molar refractivity (Wildman–Crippen MR) is 193 cm³/mol. The van der Waals surface area contributed by atoms with Crippen LogP contribution in [0, 0.1) is 5.92 Å². The normalized spacial score (nSPS) is 21.2. The molecule has 2 fully saturated rings. The molecule has 2 saturated heterocycles. The molecule has 2 aliphatic heterocycles. The van der Waals surface area contributed by atoms with Gasteiger partial charge in [0.05, 0.1) is 6.04 Å². The minimum atomic E-state index is -0.951. The third-order valence-corrected chi connectivity index (χ3v) is 9.78. The predicted octanol–water partition coefficient (Wildman–Crippen LogP) is 4.97. The van der Waals surface area contributed by atoms with E-state index in [0.717, 1.165) is 16.7 Å². The molecule has 2 aliphatic rings. The minimum absolute atomic E-state index is 0.128. The zero-order valence-corrected chi connectivity index (χ0v) is 29.6. The van der Waals surface area contributed by atoms with Gasteiger partial charge in [-0.25, -0.2) is 4.79 Å². The molecule has 10 nitrogen and oxygen atoms in total. The monoisotopic (exact) mass is 681 g/mol. The molecule has 0 aliphatic carbocycles. The van der Waals surface area contributed by atoms with E-state index >= 15 is 0 Å². The molecule has 5 unspecified atom stereocenters. The molecule has 0 bridgehead atoms. The topological polar surface area (TPSA) is 134 Å². The zero-order chi connectivity index (χ0) is 35.8. The summed E-state index contributed by atoms with van der Waals surface area (Å²) in [5.41, 5.74) is 8.02. The summed E-state index contributed by atoms with van der Waals surface area (Å²) >= 11 is 0. The average Bonchev–Trinajstić information content (AvgIpc) is 3.49. The van der Waals surface area contributed by atoms with Crippen LogP contribution in [0.25, 0.3) is 0 Å². The van der Waals surface area contributed by atoms with Gasteiger partial charge in [-0.1, -0.05) is 91.0 Å². The maximum atomic E-state index is 14.6. The minimum Gasteiger partial charge on any atom is -0.444 e. The number of carbonyl (C=O) groups is 4. The standard InChI is InChI=1S/C40H51N5O5/c1-40(2,3)50-39(49)44(4)33(26-27-14-8-5-9-15-27)37(47)43-35-30(24-25-41)20-21-31-22-23-32(45(31)38(35)48)36(46)42-34(28-16-10-6-11-17-28)29-18-12-7-13-19-29/h5-19,30-35H,20-26,41H2,1-4H3,(H,42,46)(H,43,47). The number of ether oxygens (including phenoxy) is 1. The second-order valence-corrected chi connectivity index (χ2v) is 14.5. The maximum Gasteiger partial charge on any atom is 0.410 e. The van der Waals surface area contributed by atoms with Crippen molar-refractivity contribution in [3.8, 4) is 0 Å². The summed E-state index contributed by atoms with van der Waals surface area (Å²) in [5, 5.41) is 6.31. The first-order valence-electron chi connectivity index (χ1n) is 17.7. The molecule has 2 heterocycles. The molecule has 0 saturated carbocycles. The average molecular weight is 682 g/mol. The van der Waals surface area contributed by atoms with Crippen molar-refractivity contribution in [2.45, 2.75) is 95.1 Å². The quantitative estimate of drug-likeness (QED) is 0.262. The Kier molecular flexibility index (Phi) is 12.0. The van der Waals surface area contributed by atoms with Gasteiger partial charge in [-0.2, -0.15) is 0 Å². The molecule has 0 spiro atoms. The van der Waals surface area contributed by atoms with E-state index in [2.05, 4.69) is 10.6 Å². The van der Waals surface area contributed by atoms with Crippen LogP contribution in [0.2, 0.25) is 0 Å². The number of carbonyl (C=O) groups excluding carboxylic acids is 4. The second-order valence-electron chi connectivity index (χ2n) is 14.5. The Labute approximate surface area is 295 Å². The summed E-state index contributed by atoms with van der Waals surface area (Å²) in [6.07, 6.45) is 2.72. The van der Waals surface area contributed by atoms with Gasteiger partial charge in [-0.05, 0) is 82.0 Å². The number of hydrogen-bond acceptors (Lipinski definition) is 6. The first-order chi connectivity index (χ1) is 24.0. The van der Waals surface area contributed by atoms with Gasteiger partial charge in [0.15, 0.2) is 0 Å². The van der Waals surface area contributed by atoms with Crippen LogP contribution in [0.1, 0.15) is 75.6 Å². The number of fused-ring (bicyclic) bond motifs is 1. The highest BCUT2D eigenvalue weighted by molar-refractivity contribution is 5.95. The molecular weight excluding hydrogens is 630 g/mol. The van der Waals surface area contributed by atoms with E-state index in [4.69, 9.17) is 10.5 Å². The fourth-order valence-corrected chi connectivity index (χ4v) is 7.24. The molecule has 4 N–H and O–H groups in total. The lowest BCUT2D eigenvalue weighted by Gasteiger charge is -2.35. The molecule has 0 radical (unpaired) electrons. The molecular formula is C40H51N5O5. The van der Waals surface area contributed by atoms with Gasteiger partial charge in [-0.3, -0.25) is 19.3 Å². The van der Waals surface area contributed by atoms with Crippen LogP contribution in [0.3, 0.4) is 0 Å². The molecule has 3 aromatic rings. The van der Waals surface area contributed by atoms with Crippen molar-refractivity contribution < 1.29 is 23.9 Å². The van der Waals surface area contributed by atoms with Crippen LogP contribution < -0.4 is 16.4 Å². The SMILES string of the molecule is CN(C(=O)OC(C)(C)C)C(Cc1ccccc1)C(=O)NC1C(=O)N2C(CCC1CCN)CCC2C(=O)NC(c1ccccc1)c1ccccc1. The van der Waals surface area contributed by atoms with Crippen LogP contribution in [-0.4, -0.2) is 77.0 Å². The highest BCUT2D eigenvalue weighted by Gasteiger charge is 2.48. The van der Waals surface area contributed by atoms with E-state index in [1.807, 2.05) is 91.0 Å². The number of hydrogen-bond donors (Lipinski definition) is 3. The van der Waals surface area contributed by atoms with Crippen molar-refractivity contribution >= 4 is 23.8 Å². The fraction of sp³-hybridized carbons (Fsp3) is 0.450. The van der Waals surface area contributed by atoms with Gasteiger partial charge in [0.2, 0.25) is 17.7 Å². The fourth-order valence-electron chi connectivity index (χ4n) is 7.24. The van der Waals surface area contributed by atoms with Crippen LogP contribution >= 0.6 is 0 Å². The first kappa shape index (κ1) is 36.6. The van der Waals surface area contributed by atoms with Crippen molar-refractivity contribution in [2.75, 3.05) is 13.6 Å². The number of benzene rings is 3. The molecule has 5 atom stereocenters. The Hall–Kier alpha value is -4.70. The molecule has 50 heavy (non-hydrogen) atoms. The Bertz CT molecular complexity index is 1560. The number of nitrogens with two attached hydrogens (primary N) is 1. The summed E-state index contributed by atoms with van der Waals surface area (Å²) in [6.45, 7) is 5.66. The molecule has 10 heteroatoms. The van der Waals surface area contributed by atoms with Crippen LogP contribution in [0.15, 0.2) is 91.0 Å². The van der Waals surface area contributed by atoms with E-state index in [1.165, 1.54) is 4.90 Å². The van der Waals surface area contributed by atoms with E-state index in [9.17, 15) is 19.2 Å². The van der Waals surface area contributed by atoms with E-state index in [0.29, 0.717) is 38.6 Å². The van der Waals surface area contributed by atoms with Crippen molar-refractivity contribution in [3.63, 3.8) is 0 Å². The molecule has 5 rings (SSSR count). The molecule has 4 amide bonds.